The number of nitrogens with one attached hydrogen (secondary N) is 1. The lowest BCUT2D eigenvalue weighted by Crippen LogP contribution is -2.55. The summed E-state index contributed by atoms with van der Waals surface area (Å²) in [6, 6.07) is 10.4. The van der Waals surface area contributed by atoms with Crippen LogP contribution in [0.5, 0.6) is 0 Å². The molecule has 1 N–H and O–H groups in total. The zero-order valence-electron chi connectivity index (χ0n) is 10.0. The normalized spacial score (nSPS) is 18.1. The molecule has 0 amide bonds. The van der Waals surface area contributed by atoms with Gasteiger partial charge >= 0.3 is 0 Å². The minimum atomic E-state index is 0.420. The van der Waals surface area contributed by atoms with E-state index in [1.165, 1.54) is 18.4 Å². The number of ether oxygens (including phenoxy) is 1. The number of benzene rings is 1. The molecule has 1 aromatic rings. The standard InChI is InChI=1S/C14H21NO/c1-2-8-14(10-15-11-14)12-16-9-13-6-4-3-5-7-13/h3-7,15H,2,8-12H2,1H3. The van der Waals surface area contributed by atoms with Crippen molar-refractivity contribution >= 4 is 0 Å². The molecule has 1 heterocycles. The van der Waals surface area contributed by atoms with Crippen LogP contribution >= 0.6 is 0 Å². The number of hydrogen-bond donors (Lipinski definition) is 1. The molecule has 88 valence electrons. The van der Waals surface area contributed by atoms with Crippen molar-refractivity contribution in [3.8, 4) is 0 Å². The van der Waals surface area contributed by atoms with Crippen LogP contribution in [0.4, 0.5) is 0 Å². The summed E-state index contributed by atoms with van der Waals surface area (Å²) in [4.78, 5) is 0. The fourth-order valence-electron chi connectivity index (χ4n) is 2.32. The Labute approximate surface area is 98.0 Å². The molecule has 0 atom stereocenters. The van der Waals surface area contributed by atoms with Crippen molar-refractivity contribution in [3.05, 3.63) is 35.9 Å². The fraction of sp³-hybridized carbons (Fsp3) is 0.571. The van der Waals surface area contributed by atoms with Crippen LogP contribution in [0.3, 0.4) is 0 Å². The fourth-order valence-corrected chi connectivity index (χ4v) is 2.32. The van der Waals surface area contributed by atoms with Gasteiger partial charge in [0.25, 0.3) is 0 Å². The van der Waals surface area contributed by atoms with Crippen LogP contribution in [-0.2, 0) is 11.3 Å². The second-order valence-corrected chi connectivity index (χ2v) is 4.83. The van der Waals surface area contributed by atoms with Gasteiger partial charge in [-0.2, -0.15) is 0 Å². The smallest absolute Gasteiger partial charge is 0.0717 e. The van der Waals surface area contributed by atoms with Crippen LogP contribution in [0.25, 0.3) is 0 Å². The average Bonchev–Trinajstić information content (AvgIpc) is 2.27. The van der Waals surface area contributed by atoms with Crippen LogP contribution in [0, 0.1) is 5.41 Å². The second-order valence-electron chi connectivity index (χ2n) is 4.83. The molecule has 0 aliphatic carbocycles. The molecule has 1 aromatic carbocycles. The molecule has 0 aromatic heterocycles. The summed E-state index contributed by atoms with van der Waals surface area (Å²) >= 11 is 0. The highest BCUT2D eigenvalue weighted by Gasteiger charge is 2.35. The molecular weight excluding hydrogens is 198 g/mol. The molecule has 0 unspecified atom stereocenters. The molecule has 0 saturated carbocycles. The van der Waals surface area contributed by atoms with Crippen molar-refractivity contribution in [2.45, 2.75) is 26.4 Å². The summed E-state index contributed by atoms with van der Waals surface area (Å²) in [6.45, 7) is 6.12. The van der Waals surface area contributed by atoms with E-state index in [0.717, 1.165) is 26.3 Å². The van der Waals surface area contributed by atoms with Gasteiger partial charge in [-0.3, -0.25) is 0 Å². The van der Waals surface area contributed by atoms with Crippen molar-refractivity contribution < 1.29 is 4.74 Å². The molecule has 2 heteroatoms. The maximum absolute atomic E-state index is 5.84. The Bertz CT molecular complexity index is 306. The zero-order chi connectivity index (χ0) is 11.3. The van der Waals surface area contributed by atoms with Crippen LogP contribution in [0.1, 0.15) is 25.3 Å². The SMILES string of the molecule is CCCC1(COCc2ccccc2)CNC1. The van der Waals surface area contributed by atoms with E-state index < -0.39 is 0 Å². The molecule has 0 radical (unpaired) electrons. The van der Waals surface area contributed by atoms with Crippen LogP contribution < -0.4 is 5.32 Å². The third-order valence-corrected chi connectivity index (χ3v) is 3.30. The third-order valence-electron chi connectivity index (χ3n) is 3.30. The Morgan fingerprint density at radius 2 is 2.00 bits per heavy atom. The Hall–Kier alpha value is -0.860. The van der Waals surface area contributed by atoms with E-state index in [2.05, 4.69) is 36.5 Å². The Kier molecular flexibility index (Phi) is 3.97. The minimum Gasteiger partial charge on any atom is -0.376 e. The quantitative estimate of drug-likeness (QED) is 0.794. The molecule has 1 aliphatic heterocycles. The highest BCUT2D eigenvalue weighted by Crippen LogP contribution is 2.29. The van der Waals surface area contributed by atoms with E-state index in [0.29, 0.717) is 5.41 Å². The number of hydrogen-bond acceptors (Lipinski definition) is 2. The van der Waals surface area contributed by atoms with Gasteiger partial charge in [-0.15, -0.1) is 0 Å². The molecule has 2 nitrogen and oxygen atoms in total. The van der Waals surface area contributed by atoms with E-state index in [9.17, 15) is 0 Å². The lowest BCUT2D eigenvalue weighted by molar-refractivity contribution is -0.00335. The van der Waals surface area contributed by atoms with E-state index in [4.69, 9.17) is 4.74 Å². The van der Waals surface area contributed by atoms with Crippen LogP contribution in [0.15, 0.2) is 30.3 Å². The molecule has 2 rings (SSSR count). The maximum atomic E-state index is 5.84. The first-order valence-electron chi connectivity index (χ1n) is 6.17. The predicted octanol–water partition coefficient (Wildman–Crippen LogP) is 2.59. The van der Waals surface area contributed by atoms with E-state index in [-0.39, 0.29) is 0 Å². The number of rotatable bonds is 6. The van der Waals surface area contributed by atoms with Gasteiger partial charge in [0.15, 0.2) is 0 Å². The molecule has 1 fully saturated rings. The molecule has 1 aliphatic rings. The first-order valence-corrected chi connectivity index (χ1v) is 6.17. The van der Waals surface area contributed by atoms with Crippen LogP contribution in [0.2, 0.25) is 0 Å². The van der Waals surface area contributed by atoms with E-state index in [1.807, 2.05) is 6.07 Å². The van der Waals surface area contributed by atoms with Gasteiger partial charge < -0.3 is 10.1 Å². The van der Waals surface area contributed by atoms with Gasteiger partial charge in [-0.1, -0.05) is 43.7 Å². The van der Waals surface area contributed by atoms with Gasteiger partial charge in [0, 0.05) is 18.5 Å². The first-order chi connectivity index (χ1) is 7.85. The molecule has 0 spiro atoms. The topological polar surface area (TPSA) is 21.3 Å². The Morgan fingerprint density at radius 1 is 1.25 bits per heavy atom. The Balaban J connectivity index is 1.75. The zero-order valence-corrected chi connectivity index (χ0v) is 10.0. The summed E-state index contributed by atoms with van der Waals surface area (Å²) in [5.74, 6) is 0. The van der Waals surface area contributed by atoms with Crippen LogP contribution in [-0.4, -0.2) is 19.7 Å². The summed E-state index contributed by atoms with van der Waals surface area (Å²) < 4.78 is 5.84. The van der Waals surface area contributed by atoms with Crippen molar-refractivity contribution in [2.24, 2.45) is 5.41 Å². The minimum absolute atomic E-state index is 0.420. The highest BCUT2D eigenvalue weighted by molar-refractivity contribution is 5.13. The molecule has 16 heavy (non-hydrogen) atoms. The largest absolute Gasteiger partial charge is 0.376 e. The second kappa shape index (κ2) is 5.46. The summed E-state index contributed by atoms with van der Waals surface area (Å²) in [6.07, 6.45) is 2.52. The summed E-state index contributed by atoms with van der Waals surface area (Å²) in [7, 11) is 0. The van der Waals surface area contributed by atoms with E-state index >= 15 is 0 Å². The first kappa shape index (κ1) is 11.6. The van der Waals surface area contributed by atoms with Crippen molar-refractivity contribution in [2.75, 3.05) is 19.7 Å². The lowest BCUT2D eigenvalue weighted by atomic mass is 9.78. The van der Waals surface area contributed by atoms with Gasteiger partial charge in [-0.05, 0) is 12.0 Å². The van der Waals surface area contributed by atoms with Gasteiger partial charge in [0.1, 0.15) is 0 Å². The highest BCUT2D eigenvalue weighted by atomic mass is 16.5. The molecule has 0 bridgehead atoms. The van der Waals surface area contributed by atoms with E-state index in [1.54, 1.807) is 0 Å². The average molecular weight is 219 g/mol. The maximum Gasteiger partial charge on any atom is 0.0717 e. The van der Waals surface area contributed by atoms with Crippen molar-refractivity contribution in [3.63, 3.8) is 0 Å². The van der Waals surface area contributed by atoms with Crippen molar-refractivity contribution in [1.29, 1.82) is 0 Å². The monoisotopic (exact) mass is 219 g/mol. The summed E-state index contributed by atoms with van der Waals surface area (Å²) in [5, 5.41) is 3.36. The van der Waals surface area contributed by atoms with Crippen molar-refractivity contribution in [1.82, 2.24) is 5.32 Å². The van der Waals surface area contributed by atoms with Gasteiger partial charge in [-0.25, -0.2) is 0 Å². The molecular formula is C14H21NO. The summed E-state index contributed by atoms with van der Waals surface area (Å²) in [5.41, 5.74) is 1.69. The Morgan fingerprint density at radius 3 is 2.56 bits per heavy atom. The lowest BCUT2D eigenvalue weighted by Gasteiger charge is -2.42. The van der Waals surface area contributed by atoms with Gasteiger partial charge in [0.2, 0.25) is 0 Å². The molecule has 1 saturated heterocycles. The predicted molar refractivity (Wildman–Crippen MR) is 66.3 cm³/mol. The van der Waals surface area contributed by atoms with Gasteiger partial charge in [0.05, 0.1) is 13.2 Å². The third kappa shape index (κ3) is 2.83.